The van der Waals surface area contributed by atoms with Gasteiger partial charge >= 0.3 is 0 Å². The first-order chi connectivity index (χ1) is 15.1. The molecular weight excluding hydrogens is 390 g/mol. The summed E-state index contributed by atoms with van der Waals surface area (Å²) in [5.41, 5.74) is 4.08. The molecule has 0 radical (unpaired) electrons. The van der Waals surface area contributed by atoms with E-state index in [1.165, 1.54) is 6.92 Å². The van der Waals surface area contributed by atoms with Crippen LogP contribution in [0.2, 0.25) is 0 Å². The van der Waals surface area contributed by atoms with Crippen LogP contribution in [0.1, 0.15) is 18.2 Å². The number of piperazine rings is 1. The molecule has 3 heterocycles. The van der Waals surface area contributed by atoms with Gasteiger partial charge in [0.1, 0.15) is 0 Å². The van der Waals surface area contributed by atoms with Gasteiger partial charge in [-0.05, 0) is 31.2 Å². The molecule has 0 aliphatic carbocycles. The summed E-state index contributed by atoms with van der Waals surface area (Å²) in [5.74, 6) is 0.532. The lowest BCUT2D eigenvalue weighted by atomic mass is 10.2. The molecule has 1 N–H and O–H groups in total. The molecule has 0 saturated carbocycles. The fraction of sp³-hybridized carbons (Fsp3) is 0.304. The summed E-state index contributed by atoms with van der Waals surface area (Å²) < 4.78 is 1.76. The Morgan fingerprint density at radius 1 is 1.13 bits per heavy atom. The molecule has 1 aliphatic rings. The molecule has 1 fully saturated rings. The molecule has 1 aliphatic heterocycles. The summed E-state index contributed by atoms with van der Waals surface area (Å²) in [6.45, 7) is 8.35. The summed E-state index contributed by atoms with van der Waals surface area (Å²) in [6.07, 6.45) is 9.59. The summed E-state index contributed by atoms with van der Waals surface area (Å²) in [5, 5.41) is 7.27. The molecule has 4 rings (SSSR count). The molecule has 1 amide bonds. The molecule has 0 spiro atoms. The number of benzene rings is 1. The van der Waals surface area contributed by atoms with Crippen molar-refractivity contribution < 1.29 is 4.79 Å². The second-order valence-corrected chi connectivity index (χ2v) is 7.57. The van der Waals surface area contributed by atoms with Crippen molar-refractivity contribution in [2.75, 3.05) is 42.9 Å². The highest BCUT2D eigenvalue weighted by Crippen LogP contribution is 2.21. The standard InChI is InChI=1S/C23H27N7O/c1-18-20(17-26-30(18)23-24-9-5-10-25-23)6-4-11-28-12-14-29(15-13-28)22-8-3-7-21(16-22)27-19(2)31/h3-10,16-17H,11-15H2,1-2H3,(H,27,31). The van der Waals surface area contributed by atoms with Crippen LogP contribution in [0.3, 0.4) is 0 Å². The fourth-order valence-corrected chi connectivity index (χ4v) is 3.69. The topological polar surface area (TPSA) is 79.2 Å². The van der Waals surface area contributed by atoms with Gasteiger partial charge in [0.25, 0.3) is 5.95 Å². The van der Waals surface area contributed by atoms with Gasteiger partial charge in [-0.2, -0.15) is 5.10 Å². The van der Waals surface area contributed by atoms with Gasteiger partial charge in [-0.15, -0.1) is 0 Å². The zero-order valence-electron chi connectivity index (χ0n) is 17.9. The van der Waals surface area contributed by atoms with E-state index in [1.54, 1.807) is 23.1 Å². The third-order valence-corrected chi connectivity index (χ3v) is 5.35. The fourth-order valence-electron chi connectivity index (χ4n) is 3.69. The van der Waals surface area contributed by atoms with E-state index in [2.05, 4.69) is 48.4 Å². The molecule has 31 heavy (non-hydrogen) atoms. The largest absolute Gasteiger partial charge is 0.369 e. The molecule has 0 bridgehead atoms. The molecule has 1 aromatic carbocycles. The highest BCUT2D eigenvalue weighted by Gasteiger charge is 2.16. The van der Waals surface area contributed by atoms with Crippen LogP contribution in [0.4, 0.5) is 11.4 Å². The van der Waals surface area contributed by atoms with Crippen molar-refractivity contribution >= 4 is 23.4 Å². The minimum Gasteiger partial charge on any atom is -0.369 e. The lowest BCUT2D eigenvalue weighted by Gasteiger charge is -2.35. The van der Waals surface area contributed by atoms with Gasteiger partial charge < -0.3 is 10.2 Å². The lowest BCUT2D eigenvalue weighted by molar-refractivity contribution is -0.114. The third-order valence-electron chi connectivity index (χ3n) is 5.35. The lowest BCUT2D eigenvalue weighted by Crippen LogP contribution is -2.46. The van der Waals surface area contributed by atoms with Crippen LogP contribution >= 0.6 is 0 Å². The van der Waals surface area contributed by atoms with Crippen LogP contribution in [-0.4, -0.2) is 63.3 Å². The maximum Gasteiger partial charge on any atom is 0.250 e. The Kier molecular flexibility index (Phi) is 6.37. The number of hydrogen-bond acceptors (Lipinski definition) is 6. The Balaban J connectivity index is 1.31. The van der Waals surface area contributed by atoms with E-state index in [1.807, 2.05) is 31.3 Å². The summed E-state index contributed by atoms with van der Waals surface area (Å²) >= 11 is 0. The van der Waals surface area contributed by atoms with Crippen LogP contribution in [0, 0.1) is 6.92 Å². The number of carbonyl (C=O) groups is 1. The Morgan fingerprint density at radius 3 is 2.65 bits per heavy atom. The van der Waals surface area contributed by atoms with Crippen molar-refractivity contribution in [1.29, 1.82) is 0 Å². The third kappa shape index (κ3) is 5.16. The molecule has 160 valence electrons. The van der Waals surface area contributed by atoms with Crippen molar-refractivity contribution in [2.45, 2.75) is 13.8 Å². The number of hydrogen-bond donors (Lipinski definition) is 1. The number of nitrogens with one attached hydrogen (secondary N) is 1. The van der Waals surface area contributed by atoms with Gasteiger partial charge in [0, 0.05) is 69.0 Å². The Labute approximate surface area is 182 Å². The van der Waals surface area contributed by atoms with E-state index in [0.717, 1.165) is 55.4 Å². The molecule has 0 atom stereocenters. The van der Waals surface area contributed by atoms with E-state index >= 15 is 0 Å². The van der Waals surface area contributed by atoms with Gasteiger partial charge in [-0.25, -0.2) is 14.6 Å². The van der Waals surface area contributed by atoms with Crippen molar-refractivity contribution in [3.05, 3.63) is 66.3 Å². The first-order valence-corrected chi connectivity index (χ1v) is 10.4. The zero-order valence-corrected chi connectivity index (χ0v) is 17.9. The number of aromatic nitrogens is 4. The monoisotopic (exact) mass is 417 g/mol. The average molecular weight is 418 g/mol. The molecule has 8 heteroatoms. The first kappa shape index (κ1) is 20.7. The summed E-state index contributed by atoms with van der Waals surface area (Å²) in [7, 11) is 0. The highest BCUT2D eigenvalue weighted by atomic mass is 16.1. The van der Waals surface area contributed by atoms with Crippen molar-refractivity contribution in [1.82, 2.24) is 24.6 Å². The normalized spacial score (nSPS) is 14.8. The Hall–Kier alpha value is -3.52. The van der Waals surface area contributed by atoms with E-state index in [0.29, 0.717) is 5.95 Å². The maximum atomic E-state index is 11.3. The number of rotatable bonds is 6. The SMILES string of the molecule is CC(=O)Nc1cccc(N2CCN(CC=Cc3cnn(-c4ncccn4)c3C)CC2)c1. The Bertz CT molecular complexity index is 1050. The predicted molar refractivity (Wildman–Crippen MR) is 122 cm³/mol. The van der Waals surface area contributed by atoms with Crippen molar-refractivity contribution in [2.24, 2.45) is 0 Å². The average Bonchev–Trinajstić information content (AvgIpc) is 3.15. The molecule has 3 aromatic rings. The summed E-state index contributed by atoms with van der Waals surface area (Å²) in [6, 6.07) is 9.83. The van der Waals surface area contributed by atoms with Crippen LogP contribution in [0.15, 0.2) is 55.0 Å². The minimum absolute atomic E-state index is 0.0502. The quantitative estimate of drug-likeness (QED) is 0.664. The molecule has 8 nitrogen and oxygen atoms in total. The van der Waals surface area contributed by atoms with Crippen LogP contribution in [-0.2, 0) is 4.79 Å². The molecule has 1 saturated heterocycles. The summed E-state index contributed by atoms with van der Waals surface area (Å²) in [4.78, 5) is 24.6. The van der Waals surface area contributed by atoms with Gasteiger partial charge in [-0.1, -0.05) is 18.2 Å². The van der Waals surface area contributed by atoms with E-state index in [9.17, 15) is 4.79 Å². The van der Waals surface area contributed by atoms with Crippen molar-refractivity contribution in [3.63, 3.8) is 0 Å². The van der Waals surface area contributed by atoms with Crippen molar-refractivity contribution in [3.8, 4) is 5.95 Å². The predicted octanol–water partition coefficient (Wildman–Crippen LogP) is 2.76. The van der Waals surface area contributed by atoms with E-state index in [4.69, 9.17) is 0 Å². The van der Waals surface area contributed by atoms with Crippen LogP contribution in [0.5, 0.6) is 0 Å². The number of carbonyl (C=O) groups excluding carboxylic acids is 1. The molecule has 2 aromatic heterocycles. The minimum atomic E-state index is -0.0502. The number of anilines is 2. The smallest absolute Gasteiger partial charge is 0.250 e. The van der Waals surface area contributed by atoms with Gasteiger partial charge in [-0.3, -0.25) is 9.69 Å². The Morgan fingerprint density at radius 2 is 1.90 bits per heavy atom. The van der Waals surface area contributed by atoms with Crippen LogP contribution in [0.25, 0.3) is 12.0 Å². The second kappa shape index (κ2) is 9.53. The zero-order chi connectivity index (χ0) is 21.6. The van der Waals surface area contributed by atoms with Crippen LogP contribution < -0.4 is 10.2 Å². The van der Waals surface area contributed by atoms with Gasteiger partial charge in [0.2, 0.25) is 5.91 Å². The maximum absolute atomic E-state index is 11.3. The van der Waals surface area contributed by atoms with E-state index < -0.39 is 0 Å². The highest BCUT2D eigenvalue weighted by molar-refractivity contribution is 5.89. The molecule has 0 unspecified atom stereocenters. The number of amides is 1. The molecular formula is C23H27N7O. The van der Waals surface area contributed by atoms with E-state index in [-0.39, 0.29) is 5.91 Å². The second-order valence-electron chi connectivity index (χ2n) is 7.57. The first-order valence-electron chi connectivity index (χ1n) is 10.4. The number of nitrogens with zero attached hydrogens (tertiary/aromatic N) is 6. The van der Waals surface area contributed by atoms with Gasteiger partial charge in [0.15, 0.2) is 0 Å². The van der Waals surface area contributed by atoms with Gasteiger partial charge in [0.05, 0.1) is 11.9 Å².